The van der Waals surface area contributed by atoms with E-state index in [0.717, 1.165) is 42.8 Å². The average molecular weight is 330 g/mol. The van der Waals surface area contributed by atoms with Gasteiger partial charge in [0, 0.05) is 12.2 Å². The van der Waals surface area contributed by atoms with Gasteiger partial charge in [-0.1, -0.05) is 0 Å². The maximum atomic E-state index is 9.60. The fourth-order valence-electron chi connectivity index (χ4n) is 3.40. The maximum absolute atomic E-state index is 9.60. The minimum Gasteiger partial charge on any atom is -0.394 e. The number of aliphatic hydroxyl groups excluding tert-OH is 2. The molecular weight excluding hydrogens is 308 g/mol. The SMILES string of the molecule is OCC1Cn2ncc(-c3ccnc(NC4CCC(O)CC4)n3)c2N1. The monoisotopic (exact) mass is 330 g/mol. The Morgan fingerprint density at radius 1 is 1.29 bits per heavy atom. The van der Waals surface area contributed by atoms with E-state index in [0.29, 0.717) is 18.5 Å². The number of rotatable bonds is 4. The molecule has 8 heteroatoms. The Bertz CT molecular complexity index is 710. The molecule has 0 radical (unpaired) electrons. The molecule has 4 N–H and O–H groups in total. The van der Waals surface area contributed by atoms with E-state index in [4.69, 9.17) is 0 Å². The summed E-state index contributed by atoms with van der Waals surface area (Å²) in [5, 5.41) is 29.9. The van der Waals surface area contributed by atoms with Crippen molar-refractivity contribution in [2.24, 2.45) is 0 Å². The first-order chi connectivity index (χ1) is 11.7. The van der Waals surface area contributed by atoms with E-state index in [1.807, 2.05) is 10.7 Å². The largest absolute Gasteiger partial charge is 0.394 e. The highest BCUT2D eigenvalue weighted by Gasteiger charge is 2.25. The van der Waals surface area contributed by atoms with Crippen LogP contribution in [-0.2, 0) is 6.54 Å². The number of anilines is 2. The molecule has 2 aromatic rings. The molecular formula is C16H22N6O2. The molecule has 1 fully saturated rings. The minimum atomic E-state index is -0.171. The summed E-state index contributed by atoms with van der Waals surface area (Å²) in [6, 6.07) is 2.17. The van der Waals surface area contributed by atoms with Gasteiger partial charge in [0.2, 0.25) is 5.95 Å². The lowest BCUT2D eigenvalue weighted by Crippen LogP contribution is -2.28. The minimum absolute atomic E-state index is 0.000508. The molecule has 24 heavy (non-hydrogen) atoms. The first kappa shape index (κ1) is 15.3. The van der Waals surface area contributed by atoms with Gasteiger partial charge >= 0.3 is 0 Å². The zero-order valence-corrected chi connectivity index (χ0v) is 13.4. The number of aliphatic hydroxyl groups is 2. The van der Waals surface area contributed by atoms with Gasteiger partial charge in [-0.2, -0.15) is 5.10 Å². The van der Waals surface area contributed by atoms with Crippen LogP contribution >= 0.6 is 0 Å². The highest BCUT2D eigenvalue weighted by atomic mass is 16.3. The van der Waals surface area contributed by atoms with Gasteiger partial charge in [0.25, 0.3) is 0 Å². The molecule has 0 spiro atoms. The van der Waals surface area contributed by atoms with E-state index in [1.165, 1.54) is 0 Å². The van der Waals surface area contributed by atoms with Gasteiger partial charge in [0.15, 0.2) is 0 Å². The standard InChI is InChI=1S/C16H22N6O2/c23-9-11-8-22-15(19-11)13(7-18-22)14-5-6-17-16(21-14)20-10-1-3-12(24)4-2-10/h5-7,10-12,19,23-24H,1-4,8-9H2,(H,17,20,21). The summed E-state index contributed by atoms with van der Waals surface area (Å²) >= 11 is 0. The third-order valence-electron chi connectivity index (χ3n) is 4.76. The normalized spacial score (nSPS) is 26.0. The second-order valence-electron chi connectivity index (χ2n) is 6.53. The summed E-state index contributed by atoms with van der Waals surface area (Å²) in [6.45, 7) is 0.735. The van der Waals surface area contributed by atoms with Gasteiger partial charge in [0.1, 0.15) is 5.82 Å². The Kier molecular flexibility index (Phi) is 4.07. The van der Waals surface area contributed by atoms with Crippen molar-refractivity contribution < 1.29 is 10.2 Å². The number of nitrogens with zero attached hydrogens (tertiary/aromatic N) is 4. The van der Waals surface area contributed by atoms with Crippen molar-refractivity contribution in [2.45, 2.75) is 50.4 Å². The van der Waals surface area contributed by atoms with Gasteiger partial charge in [0.05, 0.1) is 42.8 Å². The first-order valence-electron chi connectivity index (χ1n) is 8.44. The fraction of sp³-hybridized carbons (Fsp3) is 0.562. The second kappa shape index (κ2) is 6.37. The van der Waals surface area contributed by atoms with Crippen molar-refractivity contribution in [3.63, 3.8) is 0 Å². The molecule has 1 saturated carbocycles. The van der Waals surface area contributed by atoms with E-state index in [2.05, 4.69) is 25.7 Å². The third-order valence-corrected chi connectivity index (χ3v) is 4.76. The van der Waals surface area contributed by atoms with E-state index < -0.39 is 0 Å². The van der Waals surface area contributed by atoms with Gasteiger partial charge in [-0.3, -0.25) is 0 Å². The lowest BCUT2D eigenvalue weighted by Gasteiger charge is -2.26. The van der Waals surface area contributed by atoms with Gasteiger partial charge in [-0.25, -0.2) is 14.6 Å². The smallest absolute Gasteiger partial charge is 0.223 e. The molecule has 2 aliphatic rings. The molecule has 2 aromatic heterocycles. The quantitative estimate of drug-likeness (QED) is 0.658. The molecule has 1 atom stereocenters. The van der Waals surface area contributed by atoms with Crippen LogP contribution in [0.25, 0.3) is 11.3 Å². The third kappa shape index (κ3) is 2.94. The summed E-state index contributed by atoms with van der Waals surface area (Å²) in [5.41, 5.74) is 1.71. The Hall–Kier alpha value is -2.19. The van der Waals surface area contributed by atoms with Crippen LogP contribution in [0.15, 0.2) is 18.5 Å². The predicted molar refractivity (Wildman–Crippen MR) is 89.6 cm³/mol. The molecule has 0 aromatic carbocycles. The van der Waals surface area contributed by atoms with E-state index in [9.17, 15) is 10.2 Å². The molecule has 1 unspecified atom stereocenters. The molecule has 3 heterocycles. The molecule has 128 valence electrons. The molecule has 0 saturated heterocycles. The molecule has 1 aliphatic carbocycles. The maximum Gasteiger partial charge on any atom is 0.223 e. The van der Waals surface area contributed by atoms with Crippen LogP contribution in [0.2, 0.25) is 0 Å². The van der Waals surface area contributed by atoms with Crippen molar-refractivity contribution in [2.75, 3.05) is 17.2 Å². The summed E-state index contributed by atoms with van der Waals surface area (Å²) < 4.78 is 1.86. The number of aromatic nitrogens is 4. The molecule has 1 aliphatic heterocycles. The number of fused-ring (bicyclic) bond motifs is 1. The van der Waals surface area contributed by atoms with Crippen LogP contribution in [0, 0.1) is 0 Å². The number of hydrogen-bond acceptors (Lipinski definition) is 7. The molecule has 4 rings (SSSR count). The van der Waals surface area contributed by atoms with Crippen LogP contribution in [0.1, 0.15) is 25.7 Å². The summed E-state index contributed by atoms with van der Waals surface area (Å²) in [6.07, 6.45) is 6.86. The lowest BCUT2D eigenvalue weighted by atomic mass is 9.93. The van der Waals surface area contributed by atoms with Gasteiger partial charge in [-0.15, -0.1) is 0 Å². The van der Waals surface area contributed by atoms with Gasteiger partial charge < -0.3 is 20.8 Å². The first-order valence-corrected chi connectivity index (χ1v) is 8.44. The highest BCUT2D eigenvalue weighted by molar-refractivity contribution is 5.74. The average Bonchev–Trinajstić information content (AvgIpc) is 3.17. The van der Waals surface area contributed by atoms with Crippen LogP contribution in [0.5, 0.6) is 0 Å². The van der Waals surface area contributed by atoms with Crippen LogP contribution in [-0.4, -0.2) is 54.8 Å². The van der Waals surface area contributed by atoms with Crippen LogP contribution in [0.4, 0.5) is 11.8 Å². The Balaban J connectivity index is 1.52. The van der Waals surface area contributed by atoms with Crippen molar-refractivity contribution in [3.8, 4) is 11.3 Å². The predicted octanol–water partition coefficient (Wildman–Crippen LogP) is 0.842. The van der Waals surface area contributed by atoms with Crippen LogP contribution < -0.4 is 10.6 Å². The Morgan fingerprint density at radius 2 is 2.12 bits per heavy atom. The molecule has 0 bridgehead atoms. The fourth-order valence-corrected chi connectivity index (χ4v) is 3.40. The van der Waals surface area contributed by atoms with E-state index in [1.54, 1.807) is 12.4 Å². The molecule has 8 nitrogen and oxygen atoms in total. The zero-order valence-electron chi connectivity index (χ0n) is 13.4. The van der Waals surface area contributed by atoms with Crippen molar-refractivity contribution in [3.05, 3.63) is 18.5 Å². The number of hydrogen-bond donors (Lipinski definition) is 4. The highest BCUT2D eigenvalue weighted by Crippen LogP contribution is 2.31. The van der Waals surface area contributed by atoms with Crippen molar-refractivity contribution in [1.82, 2.24) is 19.7 Å². The van der Waals surface area contributed by atoms with Gasteiger partial charge in [-0.05, 0) is 31.7 Å². The second-order valence-corrected chi connectivity index (χ2v) is 6.53. The summed E-state index contributed by atoms with van der Waals surface area (Å²) in [5.74, 6) is 1.49. The van der Waals surface area contributed by atoms with E-state index >= 15 is 0 Å². The Morgan fingerprint density at radius 3 is 2.92 bits per heavy atom. The van der Waals surface area contributed by atoms with Crippen molar-refractivity contribution >= 4 is 11.8 Å². The van der Waals surface area contributed by atoms with Crippen LogP contribution in [0.3, 0.4) is 0 Å². The van der Waals surface area contributed by atoms with E-state index in [-0.39, 0.29) is 18.8 Å². The topological polar surface area (TPSA) is 108 Å². The molecule has 0 amide bonds. The Labute approximate surface area is 139 Å². The summed E-state index contributed by atoms with van der Waals surface area (Å²) in [4.78, 5) is 8.93. The lowest BCUT2D eigenvalue weighted by molar-refractivity contribution is 0.126. The van der Waals surface area contributed by atoms with Crippen molar-refractivity contribution in [1.29, 1.82) is 0 Å². The summed E-state index contributed by atoms with van der Waals surface area (Å²) in [7, 11) is 0. The number of nitrogens with one attached hydrogen (secondary N) is 2. The zero-order chi connectivity index (χ0) is 16.5.